The Labute approximate surface area is 186 Å². The third kappa shape index (κ3) is 4.38. The molecule has 1 aliphatic heterocycles. The molecule has 4 rings (SSSR count). The predicted octanol–water partition coefficient (Wildman–Crippen LogP) is 3.91. The van der Waals surface area contributed by atoms with Crippen LogP contribution in [0, 0.1) is 0 Å². The normalized spacial score (nSPS) is 13.4. The molecule has 0 bridgehead atoms. The summed E-state index contributed by atoms with van der Waals surface area (Å²) in [6.07, 6.45) is -2.57. The van der Waals surface area contributed by atoms with Crippen LogP contribution in [0.4, 0.5) is 41.1 Å². The van der Waals surface area contributed by atoms with Gasteiger partial charge in [0.15, 0.2) is 5.82 Å². The van der Waals surface area contributed by atoms with Gasteiger partial charge >= 0.3 is 12.3 Å². The minimum absolute atomic E-state index is 0.131. The van der Waals surface area contributed by atoms with Crippen LogP contribution in [0.1, 0.15) is 25.0 Å². The number of anilines is 4. The summed E-state index contributed by atoms with van der Waals surface area (Å²) in [7, 11) is 1.12. The van der Waals surface area contributed by atoms with Crippen LogP contribution in [0.3, 0.4) is 0 Å². The molecule has 33 heavy (non-hydrogen) atoms. The number of H-pyrrole nitrogens is 1. The van der Waals surface area contributed by atoms with Crippen molar-refractivity contribution in [2.45, 2.75) is 32.5 Å². The molecule has 3 aromatic rings. The van der Waals surface area contributed by atoms with Gasteiger partial charge in [-0.1, -0.05) is 0 Å². The maximum Gasteiger partial charge on any atom is 0.420 e. The Kier molecular flexibility index (Phi) is 5.56. The predicted molar refractivity (Wildman–Crippen MR) is 115 cm³/mol. The van der Waals surface area contributed by atoms with Crippen molar-refractivity contribution in [2.75, 3.05) is 28.7 Å². The molecule has 0 aromatic carbocycles. The van der Waals surface area contributed by atoms with Crippen LogP contribution in [0.2, 0.25) is 0 Å². The van der Waals surface area contributed by atoms with Gasteiger partial charge in [-0.25, -0.2) is 9.78 Å². The highest BCUT2D eigenvalue weighted by Crippen LogP contribution is 2.37. The van der Waals surface area contributed by atoms with Crippen LogP contribution < -0.4 is 15.1 Å². The van der Waals surface area contributed by atoms with E-state index >= 15 is 0 Å². The van der Waals surface area contributed by atoms with E-state index in [9.17, 15) is 18.0 Å². The van der Waals surface area contributed by atoms with Crippen LogP contribution in [-0.2, 0) is 12.6 Å². The maximum atomic E-state index is 13.6. The van der Waals surface area contributed by atoms with Crippen molar-refractivity contribution in [3.8, 4) is 11.5 Å². The van der Waals surface area contributed by atoms with E-state index in [-0.39, 0.29) is 11.6 Å². The maximum absolute atomic E-state index is 13.6. The lowest BCUT2D eigenvalue weighted by molar-refractivity contribution is -0.137. The summed E-state index contributed by atoms with van der Waals surface area (Å²) in [5, 5.41) is 18.1. The van der Waals surface area contributed by atoms with Crippen LogP contribution in [0.15, 0.2) is 24.5 Å². The van der Waals surface area contributed by atoms with E-state index in [1.807, 2.05) is 6.07 Å². The number of alkyl halides is 3. The second-order valence-electron chi connectivity index (χ2n) is 7.80. The first-order chi connectivity index (χ1) is 15.5. The van der Waals surface area contributed by atoms with Crippen molar-refractivity contribution in [3.63, 3.8) is 0 Å². The molecule has 3 N–H and O–H groups in total. The number of rotatable bonds is 5. The molecular formula is C20H21F3N8O2. The summed E-state index contributed by atoms with van der Waals surface area (Å²) < 4.78 is 40.7. The molecule has 0 fully saturated rings. The monoisotopic (exact) mass is 462 g/mol. The van der Waals surface area contributed by atoms with Gasteiger partial charge in [-0.3, -0.25) is 15.0 Å². The summed E-state index contributed by atoms with van der Waals surface area (Å²) in [6.45, 7) is 5.10. The van der Waals surface area contributed by atoms with Crippen molar-refractivity contribution in [3.05, 3.63) is 35.7 Å². The SMILES string of the molecule is CC(C)N1CCc2cc(-c3nc(Nc4ncc(N(C)C(=O)O)cc4C(F)(F)F)n[nH]3)ncc21. The Morgan fingerprint density at radius 3 is 2.70 bits per heavy atom. The molecule has 1 aliphatic rings. The lowest BCUT2D eigenvalue weighted by atomic mass is 10.2. The van der Waals surface area contributed by atoms with Gasteiger partial charge in [0.1, 0.15) is 17.1 Å². The summed E-state index contributed by atoms with van der Waals surface area (Å²) in [6, 6.07) is 2.93. The van der Waals surface area contributed by atoms with Gasteiger partial charge in [-0.15, -0.1) is 5.10 Å². The van der Waals surface area contributed by atoms with Crippen molar-refractivity contribution >= 4 is 29.2 Å². The van der Waals surface area contributed by atoms with Gasteiger partial charge in [-0.05, 0) is 38.0 Å². The first-order valence-electron chi connectivity index (χ1n) is 10.0. The second-order valence-corrected chi connectivity index (χ2v) is 7.80. The van der Waals surface area contributed by atoms with Crippen molar-refractivity contribution in [1.82, 2.24) is 25.1 Å². The molecule has 4 heterocycles. The Morgan fingerprint density at radius 1 is 1.27 bits per heavy atom. The quantitative estimate of drug-likeness (QED) is 0.522. The van der Waals surface area contributed by atoms with Crippen LogP contribution in [0.25, 0.3) is 11.5 Å². The molecule has 3 aromatic heterocycles. The highest BCUT2D eigenvalue weighted by molar-refractivity contribution is 5.85. The molecule has 1 amide bonds. The van der Waals surface area contributed by atoms with Gasteiger partial charge < -0.3 is 15.3 Å². The highest BCUT2D eigenvalue weighted by atomic mass is 19.4. The molecule has 0 radical (unpaired) electrons. The molecule has 0 atom stereocenters. The molecule has 0 saturated heterocycles. The lowest BCUT2D eigenvalue weighted by Gasteiger charge is -2.23. The van der Waals surface area contributed by atoms with E-state index < -0.39 is 23.7 Å². The van der Waals surface area contributed by atoms with E-state index in [0.717, 1.165) is 37.5 Å². The van der Waals surface area contributed by atoms with E-state index in [0.29, 0.717) is 28.5 Å². The number of hydrogen-bond donors (Lipinski definition) is 3. The topological polar surface area (TPSA) is 123 Å². The smallest absolute Gasteiger partial charge is 0.420 e. The highest BCUT2D eigenvalue weighted by Gasteiger charge is 2.36. The van der Waals surface area contributed by atoms with E-state index in [1.54, 1.807) is 6.20 Å². The molecule has 0 spiro atoms. The van der Waals surface area contributed by atoms with Gasteiger partial charge in [-0.2, -0.15) is 18.2 Å². The molecule has 13 heteroatoms. The minimum Gasteiger partial charge on any atom is -0.465 e. The average molecular weight is 462 g/mol. The Hall–Kier alpha value is -3.90. The van der Waals surface area contributed by atoms with Gasteiger partial charge in [0.2, 0.25) is 5.95 Å². The standard InChI is InChI=1S/C20H21F3N8O2/c1-10(2)31-5-4-11-6-14(24-9-15(11)31)17-27-18(29-28-17)26-16-13(20(21,22)23)7-12(8-25-16)30(3)19(32)33/h6-10H,4-5H2,1-3H3,(H,32,33)(H2,25,26,27,28,29). The second kappa shape index (κ2) is 8.22. The molecule has 0 aliphatic carbocycles. The van der Waals surface area contributed by atoms with Crippen molar-refractivity contribution in [1.29, 1.82) is 0 Å². The van der Waals surface area contributed by atoms with Crippen molar-refractivity contribution < 1.29 is 23.1 Å². The third-order valence-electron chi connectivity index (χ3n) is 5.33. The lowest BCUT2D eigenvalue weighted by Crippen LogP contribution is -2.28. The molecule has 0 saturated carbocycles. The summed E-state index contributed by atoms with van der Waals surface area (Å²) >= 11 is 0. The number of halogens is 3. The number of nitrogens with zero attached hydrogens (tertiary/aromatic N) is 6. The first kappa shape index (κ1) is 22.3. The number of fused-ring (bicyclic) bond motifs is 1. The summed E-state index contributed by atoms with van der Waals surface area (Å²) in [5.41, 5.74) is 1.30. The minimum atomic E-state index is -4.78. The Morgan fingerprint density at radius 2 is 2.03 bits per heavy atom. The first-order valence-corrected chi connectivity index (χ1v) is 10.0. The molecular weight excluding hydrogens is 441 g/mol. The third-order valence-corrected chi connectivity index (χ3v) is 5.33. The van der Waals surface area contributed by atoms with Gasteiger partial charge in [0.25, 0.3) is 0 Å². The fourth-order valence-electron chi connectivity index (χ4n) is 3.58. The van der Waals surface area contributed by atoms with Gasteiger partial charge in [0.05, 0.1) is 23.8 Å². The van der Waals surface area contributed by atoms with Crippen LogP contribution in [0.5, 0.6) is 0 Å². The number of aromatic amines is 1. The average Bonchev–Trinajstić information content (AvgIpc) is 3.39. The zero-order valence-corrected chi connectivity index (χ0v) is 18.0. The number of nitrogens with one attached hydrogen (secondary N) is 2. The number of pyridine rings is 2. The fourth-order valence-corrected chi connectivity index (χ4v) is 3.58. The van der Waals surface area contributed by atoms with Gasteiger partial charge in [0, 0.05) is 19.6 Å². The summed E-state index contributed by atoms with van der Waals surface area (Å²) in [4.78, 5) is 26.3. The van der Waals surface area contributed by atoms with Crippen LogP contribution >= 0.6 is 0 Å². The van der Waals surface area contributed by atoms with E-state index in [4.69, 9.17) is 5.11 Å². The number of hydrogen-bond acceptors (Lipinski definition) is 7. The number of amides is 1. The summed E-state index contributed by atoms with van der Waals surface area (Å²) in [5.74, 6) is -0.391. The number of aromatic nitrogens is 5. The Bertz CT molecular complexity index is 1190. The van der Waals surface area contributed by atoms with Crippen LogP contribution in [-0.4, -0.2) is 56.0 Å². The molecule has 10 nitrogen and oxygen atoms in total. The molecule has 174 valence electrons. The largest absolute Gasteiger partial charge is 0.465 e. The number of carboxylic acid groups (broad SMARTS) is 1. The number of carbonyl (C=O) groups is 1. The zero-order valence-electron chi connectivity index (χ0n) is 18.0. The fraction of sp³-hybridized carbons (Fsp3) is 0.350. The zero-order chi connectivity index (χ0) is 23.9. The van der Waals surface area contributed by atoms with E-state index in [1.165, 1.54) is 0 Å². The van der Waals surface area contributed by atoms with Crippen molar-refractivity contribution in [2.24, 2.45) is 0 Å². The van der Waals surface area contributed by atoms with E-state index in [2.05, 4.69) is 49.2 Å². The molecule has 0 unspecified atom stereocenters. The Balaban J connectivity index is 1.60.